The average molecular weight is 542 g/mol. The molecule has 1 aromatic carbocycles. The van der Waals surface area contributed by atoms with Gasteiger partial charge in [-0.2, -0.15) is 0 Å². The maximum atomic E-state index is 14.2. The predicted molar refractivity (Wildman–Crippen MR) is 138 cm³/mol. The van der Waals surface area contributed by atoms with Crippen molar-refractivity contribution in [2.45, 2.75) is 68.4 Å². The Morgan fingerprint density at radius 2 is 1.72 bits per heavy atom. The fraction of sp³-hybridized carbons (Fsp3) is 0.520. The van der Waals surface area contributed by atoms with Gasteiger partial charge in [-0.1, -0.05) is 6.92 Å². The summed E-state index contributed by atoms with van der Waals surface area (Å²) in [6, 6.07) is 9.49. The van der Waals surface area contributed by atoms with Crippen molar-refractivity contribution in [3.8, 4) is 5.75 Å². The number of hydrogen-bond donors (Lipinski definition) is 3. The minimum Gasteiger partial charge on any atom is -0.494 e. The molecule has 3 rings (SSSR count). The molecule has 3 N–H and O–H groups in total. The number of aromatic nitrogens is 1. The smallest absolute Gasteiger partial charge is 0.280 e. The SMILES string of the molecule is CCCO[C@H]1CC[C@H]([C@](NCc2ccncc2)(C(=O)NO)S(=O)(=O)c2ccc(OCC)cc2)CC1.Cl. The first kappa shape index (κ1) is 30.0. The number of ether oxygens (including phenoxy) is 2. The van der Waals surface area contributed by atoms with E-state index in [9.17, 15) is 18.4 Å². The van der Waals surface area contributed by atoms with Crippen LogP contribution in [0, 0.1) is 5.92 Å². The fourth-order valence-electron chi connectivity index (χ4n) is 4.65. The number of hydroxylamine groups is 1. The third kappa shape index (κ3) is 6.54. The lowest BCUT2D eigenvalue weighted by atomic mass is 9.81. The molecule has 1 atom stereocenters. The molecule has 1 saturated carbocycles. The summed E-state index contributed by atoms with van der Waals surface area (Å²) in [5.41, 5.74) is 2.40. The molecular weight excluding hydrogens is 506 g/mol. The van der Waals surface area contributed by atoms with Crippen LogP contribution < -0.4 is 15.5 Å². The zero-order valence-electron chi connectivity index (χ0n) is 20.7. The zero-order valence-corrected chi connectivity index (χ0v) is 22.3. The maximum absolute atomic E-state index is 14.2. The molecule has 0 saturated heterocycles. The van der Waals surface area contributed by atoms with E-state index < -0.39 is 26.5 Å². The van der Waals surface area contributed by atoms with Gasteiger partial charge in [-0.25, -0.2) is 13.9 Å². The van der Waals surface area contributed by atoms with Gasteiger partial charge in [0.1, 0.15) is 5.75 Å². The van der Waals surface area contributed by atoms with Gasteiger partial charge in [0.2, 0.25) is 14.7 Å². The quantitative estimate of drug-likeness (QED) is 0.274. The Morgan fingerprint density at radius 3 is 2.28 bits per heavy atom. The minimum absolute atomic E-state index is 0. The molecule has 2 aromatic rings. The number of sulfone groups is 1. The summed E-state index contributed by atoms with van der Waals surface area (Å²) in [6.45, 7) is 5.06. The standard InChI is InChI=1S/C25H35N3O6S.ClH/c1-3-17-34-22-7-5-20(6-8-22)25(24(29)28-30,27-18-19-13-15-26-16-14-19)35(31,32)23-11-9-21(10-12-23)33-4-2;/h9-16,20,22,27,30H,3-8,17-18H2,1-2H3,(H,28,29);1H/t20-,22-,25-;/m1./s1. The van der Waals surface area contributed by atoms with E-state index in [0.29, 0.717) is 44.6 Å². The molecule has 1 fully saturated rings. The van der Waals surface area contributed by atoms with Crippen LogP contribution in [0.3, 0.4) is 0 Å². The van der Waals surface area contributed by atoms with Crippen molar-refractivity contribution >= 4 is 28.2 Å². The summed E-state index contributed by atoms with van der Waals surface area (Å²) < 4.78 is 39.7. The molecule has 200 valence electrons. The van der Waals surface area contributed by atoms with Crippen molar-refractivity contribution in [1.82, 2.24) is 15.8 Å². The minimum atomic E-state index is -4.31. The average Bonchev–Trinajstić information content (AvgIpc) is 2.89. The summed E-state index contributed by atoms with van der Waals surface area (Å²) in [6.07, 6.45) is 6.26. The summed E-state index contributed by atoms with van der Waals surface area (Å²) in [5.74, 6) is -1.06. The molecule has 0 aliphatic heterocycles. The topological polar surface area (TPSA) is 127 Å². The number of pyridine rings is 1. The number of hydrogen-bond acceptors (Lipinski definition) is 8. The Bertz CT molecular complexity index is 1050. The van der Waals surface area contributed by atoms with Gasteiger partial charge in [0.25, 0.3) is 5.91 Å². The predicted octanol–water partition coefficient (Wildman–Crippen LogP) is 3.65. The van der Waals surface area contributed by atoms with E-state index in [1.54, 1.807) is 42.1 Å². The Hall–Kier alpha value is -2.24. The van der Waals surface area contributed by atoms with E-state index >= 15 is 0 Å². The molecule has 1 aromatic heterocycles. The molecule has 0 bridgehead atoms. The second-order valence-electron chi connectivity index (χ2n) is 8.64. The number of carbonyl (C=O) groups is 1. The number of nitrogens with zero attached hydrogens (tertiary/aromatic N) is 1. The molecule has 1 amide bonds. The van der Waals surface area contributed by atoms with E-state index in [1.165, 1.54) is 12.1 Å². The van der Waals surface area contributed by atoms with Gasteiger partial charge in [-0.3, -0.25) is 20.3 Å². The third-order valence-corrected chi connectivity index (χ3v) is 8.82. The van der Waals surface area contributed by atoms with Crippen LogP contribution in [0.2, 0.25) is 0 Å². The van der Waals surface area contributed by atoms with E-state index in [-0.39, 0.29) is 30.0 Å². The van der Waals surface area contributed by atoms with Gasteiger partial charge in [-0.05, 0) is 81.0 Å². The largest absolute Gasteiger partial charge is 0.494 e. The van der Waals surface area contributed by atoms with Gasteiger partial charge in [-0.15, -0.1) is 12.4 Å². The second-order valence-corrected chi connectivity index (χ2v) is 10.8. The summed E-state index contributed by atoms with van der Waals surface area (Å²) >= 11 is 0. The molecule has 11 heteroatoms. The van der Waals surface area contributed by atoms with Crippen LogP contribution in [0.15, 0.2) is 53.7 Å². The normalized spacial score (nSPS) is 19.5. The number of amides is 1. The van der Waals surface area contributed by atoms with Crippen molar-refractivity contribution in [3.63, 3.8) is 0 Å². The van der Waals surface area contributed by atoms with Crippen LogP contribution in [0.25, 0.3) is 0 Å². The summed E-state index contributed by atoms with van der Waals surface area (Å²) in [7, 11) is -4.31. The Kier molecular flexibility index (Phi) is 11.6. The second kappa shape index (κ2) is 13.9. The van der Waals surface area contributed by atoms with Crippen LogP contribution >= 0.6 is 12.4 Å². The number of rotatable bonds is 12. The first-order valence-corrected chi connectivity index (χ1v) is 13.5. The monoisotopic (exact) mass is 541 g/mol. The van der Waals surface area contributed by atoms with E-state index in [0.717, 1.165) is 12.0 Å². The van der Waals surface area contributed by atoms with Crippen LogP contribution in [0.4, 0.5) is 0 Å². The van der Waals surface area contributed by atoms with E-state index in [1.807, 2.05) is 13.8 Å². The number of benzene rings is 1. The highest BCUT2D eigenvalue weighted by atomic mass is 35.5. The molecule has 1 aliphatic rings. The first-order valence-electron chi connectivity index (χ1n) is 12.1. The van der Waals surface area contributed by atoms with Crippen molar-refractivity contribution in [3.05, 3.63) is 54.4 Å². The molecule has 1 aliphatic carbocycles. The number of carbonyl (C=O) groups excluding carboxylic acids is 1. The lowest BCUT2D eigenvalue weighted by Gasteiger charge is -2.42. The molecule has 0 radical (unpaired) electrons. The Balaban J connectivity index is 0.00000456. The van der Waals surface area contributed by atoms with Gasteiger partial charge < -0.3 is 9.47 Å². The van der Waals surface area contributed by atoms with E-state index in [4.69, 9.17) is 9.47 Å². The van der Waals surface area contributed by atoms with Gasteiger partial charge in [0.15, 0.2) is 0 Å². The molecular formula is C25H36ClN3O6S. The van der Waals surface area contributed by atoms with Crippen molar-refractivity contribution in [2.75, 3.05) is 13.2 Å². The van der Waals surface area contributed by atoms with Gasteiger partial charge >= 0.3 is 0 Å². The highest BCUT2D eigenvalue weighted by molar-refractivity contribution is 7.93. The Labute approximate surface area is 219 Å². The van der Waals surface area contributed by atoms with Crippen LogP contribution in [0.5, 0.6) is 5.75 Å². The highest BCUT2D eigenvalue weighted by Crippen LogP contribution is 2.41. The lowest BCUT2D eigenvalue weighted by molar-refractivity contribution is -0.135. The number of halogens is 1. The van der Waals surface area contributed by atoms with Gasteiger partial charge in [0.05, 0.1) is 17.6 Å². The molecule has 0 unspecified atom stereocenters. The van der Waals surface area contributed by atoms with Crippen LogP contribution in [0.1, 0.15) is 51.5 Å². The first-order chi connectivity index (χ1) is 16.9. The van der Waals surface area contributed by atoms with Crippen LogP contribution in [-0.2, 0) is 25.9 Å². The zero-order chi connectivity index (χ0) is 25.3. The summed E-state index contributed by atoms with van der Waals surface area (Å²) in [4.78, 5) is 15.2. The third-order valence-electron chi connectivity index (χ3n) is 6.42. The van der Waals surface area contributed by atoms with Crippen molar-refractivity contribution in [1.29, 1.82) is 0 Å². The number of nitrogens with one attached hydrogen (secondary N) is 2. The molecule has 1 heterocycles. The van der Waals surface area contributed by atoms with Crippen molar-refractivity contribution < 1.29 is 27.9 Å². The van der Waals surface area contributed by atoms with Crippen LogP contribution in [-0.4, -0.2) is 48.7 Å². The van der Waals surface area contributed by atoms with Gasteiger partial charge in [0, 0.05) is 31.5 Å². The molecule has 36 heavy (non-hydrogen) atoms. The maximum Gasteiger partial charge on any atom is 0.280 e. The molecule has 9 nitrogen and oxygen atoms in total. The molecule has 0 spiro atoms. The van der Waals surface area contributed by atoms with Crippen molar-refractivity contribution in [2.24, 2.45) is 5.92 Å². The Morgan fingerprint density at radius 1 is 1.08 bits per heavy atom. The fourth-order valence-corrected chi connectivity index (χ4v) is 6.74. The summed E-state index contributed by atoms with van der Waals surface area (Å²) in [5, 5.41) is 12.8. The van der Waals surface area contributed by atoms with E-state index in [2.05, 4.69) is 10.3 Å². The highest BCUT2D eigenvalue weighted by Gasteiger charge is 2.57. The lowest BCUT2D eigenvalue weighted by Crippen LogP contribution is -2.66.